The second kappa shape index (κ2) is 5.40. The van der Waals surface area contributed by atoms with Crippen LogP contribution in [0.15, 0.2) is 18.2 Å². The third-order valence-corrected chi connectivity index (χ3v) is 3.61. The number of aromatic hydroxyl groups is 2. The van der Waals surface area contributed by atoms with Crippen molar-refractivity contribution in [1.29, 1.82) is 0 Å². The van der Waals surface area contributed by atoms with E-state index in [0.717, 1.165) is 25.9 Å². The average Bonchev–Trinajstić information content (AvgIpc) is 2.80. The lowest BCUT2D eigenvalue weighted by molar-refractivity contribution is 0.0943. The molecule has 0 radical (unpaired) electrons. The standard InChI is InChI=1S/C14H19NO3/c1-2-10-5-6-15(8-10)9-14(18)11-3-4-12(16)13(17)7-11/h3-4,7,10,16-17H,2,5-6,8-9H2,1H3. The number of carbonyl (C=O) groups excluding carboxylic acids is 1. The predicted octanol–water partition coefficient (Wildman–Crippen LogP) is 2.01. The van der Waals surface area contributed by atoms with E-state index in [9.17, 15) is 15.0 Å². The monoisotopic (exact) mass is 249 g/mol. The van der Waals surface area contributed by atoms with Crippen molar-refractivity contribution in [3.63, 3.8) is 0 Å². The summed E-state index contributed by atoms with van der Waals surface area (Å²) in [6.45, 7) is 4.51. The minimum Gasteiger partial charge on any atom is -0.504 e. The van der Waals surface area contributed by atoms with E-state index in [2.05, 4.69) is 11.8 Å². The highest BCUT2D eigenvalue weighted by atomic mass is 16.3. The predicted molar refractivity (Wildman–Crippen MR) is 68.9 cm³/mol. The first-order valence-corrected chi connectivity index (χ1v) is 6.37. The number of benzene rings is 1. The summed E-state index contributed by atoms with van der Waals surface area (Å²) in [6.07, 6.45) is 2.31. The van der Waals surface area contributed by atoms with Gasteiger partial charge >= 0.3 is 0 Å². The van der Waals surface area contributed by atoms with Crippen LogP contribution >= 0.6 is 0 Å². The van der Waals surface area contributed by atoms with Crippen molar-refractivity contribution in [1.82, 2.24) is 4.90 Å². The molecule has 1 fully saturated rings. The second-order valence-corrected chi connectivity index (χ2v) is 4.92. The summed E-state index contributed by atoms with van der Waals surface area (Å²) in [6, 6.07) is 4.22. The first-order chi connectivity index (χ1) is 8.60. The van der Waals surface area contributed by atoms with Gasteiger partial charge in [0.15, 0.2) is 17.3 Å². The molecule has 1 saturated heterocycles. The van der Waals surface area contributed by atoms with Gasteiger partial charge in [-0.3, -0.25) is 9.69 Å². The van der Waals surface area contributed by atoms with Crippen LogP contribution in [0.5, 0.6) is 11.5 Å². The molecular weight excluding hydrogens is 230 g/mol. The minimum atomic E-state index is -0.242. The molecule has 0 saturated carbocycles. The van der Waals surface area contributed by atoms with E-state index < -0.39 is 0 Å². The van der Waals surface area contributed by atoms with Gasteiger partial charge in [0.05, 0.1) is 6.54 Å². The number of carbonyl (C=O) groups is 1. The van der Waals surface area contributed by atoms with Gasteiger partial charge < -0.3 is 10.2 Å². The van der Waals surface area contributed by atoms with Gasteiger partial charge in [0.2, 0.25) is 0 Å². The van der Waals surface area contributed by atoms with Gasteiger partial charge in [0.1, 0.15) is 0 Å². The van der Waals surface area contributed by atoms with E-state index in [1.165, 1.54) is 12.1 Å². The summed E-state index contributed by atoms with van der Waals surface area (Å²) in [7, 11) is 0. The van der Waals surface area contributed by atoms with E-state index in [0.29, 0.717) is 18.0 Å². The summed E-state index contributed by atoms with van der Waals surface area (Å²) >= 11 is 0. The summed E-state index contributed by atoms with van der Waals surface area (Å²) in [5, 5.41) is 18.6. The van der Waals surface area contributed by atoms with Gasteiger partial charge in [-0.15, -0.1) is 0 Å². The Hall–Kier alpha value is -1.55. The van der Waals surface area contributed by atoms with Crippen molar-refractivity contribution in [3.05, 3.63) is 23.8 Å². The molecule has 18 heavy (non-hydrogen) atoms. The zero-order valence-electron chi connectivity index (χ0n) is 10.6. The highest BCUT2D eigenvalue weighted by Crippen LogP contribution is 2.25. The Morgan fingerprint density at radius 3 is 2.78 bits per heavy atom. The first kappa shape index (κ1) is 12.9. The SMILES string of the molecule is CCC1CCN(CC(=O)c2ccc(O)c(O)c2)C1. The van der Waals surface area contributed by atoms with Crippen LogP contribution in [0.4, 0.5) is 0 Å². The molecular formula is C14H19NO3. The molecule has 0 amide bonds. The molecule has 0 spiro atoms. The van der Waals surface area contributed by atoms with E-state index in [1.54, 1.807) is 6.07 Å². The zero-order valence-corrected chi connectivity index (χ0v) is 10.6. The van der Waals surface area contributed by atoms with Crippen LogP contribution in [0, 0.1) is 5.92 Å². The summed E-state index contributed by atoms with van der Waals surface area (Å²) in [5.74, 6) is 0.251. The minimum absolute atomic E-state index is 0.0120. The average molecular weight is 249 g/mol. The lowest BCUT2D eigenvalue weighted by Gasteiger charge is -2.14. The number of ketones is 1. The third kappa shape index (κ3) is 2.82. The lowest BCUT2D eigenvalue weighted by atomic mass is 10.1. The van der Waals surface area contributed by atoms with Crippen molar-refractivity contribution < 1.29 is 15.0 Å². The van der Waals surface area contributed by atoms with Gasteiger partial charge in [-0.1, -0.05) is 13.3 Å². The Labute approximate surface area is 107 Å². The summed E-state index contributed by atoms with van der Waals surface area (Å²) in [5.41, 5.74) is 0.449. The molecule has 1 unspecified atom stereocenters. The van der Waals surface area contributed by atoms with Crippen LogP contribution in [-0.4, -0.2) is 40.5 Å². The molecule has 1 aromatic rings. The lowest BCUT2D eigenvalue weighted by Crippen LogP contribution is -2.27. The molecule has 0 aromatic heterocycles. The van der Waals surface area contributed by atoms with Crippen LogP contribution in [0.3, 0.4) is 0 Å². The van der Waals surface area contributed by atoms with E-state index in [-0.39, 0.29) is 17.3 Å². The number of likely N-dealkylation sites (tertiary alicyclic amines) is 1. The van der Waals surface area contributed by atoms with Crippen LogP contribution in [-0.2, 0) is 0 Å². The van der Waals surface area contributed by atoms with Crippen molar-refractivity contribution in [2.75, 3.05) is 19.6 Å². The van der Waals surface area contributed by atoms with Gasteiger partial charge in [0.25, 0.3) is 0 Å². The van der Waals surface area contributed by atoms with E-state index >= 15 is 0 Å². The normalized spacial score (nSPS) is 20.2. The number of phenols is 2. The van der Waals surface area contributed by atoms with Crippen molar-refractivity contribution >= 4 is 5.78 Å². The van der Waals surface area contributed by atoms with Crippen molar-refractivity contribution in [3.8, 4) is 11.5 Å². The quantitative estimate of drug-likeness (QED) is 0.633. The molecule has 4 heteroatoms. The summed E-state index contributed by atoms with van der Waals surface area (Å²) < 4.78 is 0. The first-order valence-electron chi connectivity index (χ1n) is 6.37. The van der Waals surface area contributed by atoms with Crippen molar-refractivity contribution in [2.24, 2.45) is 5.92 Å². The molecule has 4 nitrogen and oxygen atoms in total. The van der Waals surface area contributed by atoms with Crippen LogP contribution in [0.25, 0.3) is 0 Å². The maximum Gasteiger partial charge on any atom is 0.176 e. The van der Waals surface area contributed by atoms with Crippen LogP contribution in [0.1, 0.15) is 30.1 Å². The largest absolute Gasteiger partial charge is 0.504 e. The molecule has 2 N–H and O–H groups in total. The molecule has 98 valence electrons. The Morgan fingerprint density at radius 1 is 1.39 bits per heavy atom. The van der Waals surface area contributed by atoms with Gasteiger partial charge in [-0.05, 0) is 37.1 Å². The molecule has 1 aromatic carbocycles. The van der Waals surface area contributed by atoms with Gasteiger partial charge in [0, 0.05) is 12.1 Å². The topological polar surface area (TPSA) is 60.8 Å². The highest BCUT2D eigenvalue weighted by Gasteiger charge is 2.23. The fraction of sp³-hybridized carbons (Fsp3) is 0.500. The van der Waals surface area contributed by atoms with Crippen LogP contribution < -0.4 is 0 Å². The molecule has 1 atom stereocenters. The number of hydrogen-bond acceptors (Lipinski definition) is 4. The number of rotatable bonds is 4. The zero-order chi connectivity index (χ0) is 13.1. The maximum absolute atomic E-state index is 12.0. The van der Waals surface area contributed by atoms with Gasteiger partial charge in [-0.2, -0.15) is 0 Å². The fourth-order valence-corrected chi connectivity index (χ4v) is 2.38. The number of Topliss-reactive ketones (excluding diaryl/α,β-unsaturated/α-hetero) is 1. The maximum atomic E-state index is 12.0. The molecule has 0 aliphatic carbocycles. The van der Waals surface area contributed by atoms with E-state index in [1.807, 2.05) is 0 Å². The Balaban J connectivity index is 1.97. The number of phenolic OH excluding ortho intramolecular Hbond substituents is 2. The number of nitrogens with zero attached hydrogens (tertiary/aromatic N) is 1. The van der Waals surface area contributed by atoms with Crippen LogP contribution in [0.2, 0.25) is 0 Å². The highest BCUT2D eigenvalue weighted by molar-refractivity contribution is 5.98. The van der Waals surface area contributed by atoms with E-state index in [4.69, 9.17) is 0 Å². The van der Waals surface area contributed by atoms with Crippen molar-refractivity contribution in [2.45, 2.75) is 19.8 Å². The molecule has 1 aliphatic heterocycles. The number of hydrogen-bond donors (Lipinski definition) is 2. The molecule has 1 heterocycles. The molecule has 2 rings (SSSR count). The second-order valence-electron chi connectivity index (χ2n) is 4.92. The Kier molecular flexibility index (Phi) is 3.87. The smallest absolute Gasteiger partial charge is 0.176 e. The molecule has 0 bridgehead atoms. The van der Waals surface area contributed by atoms with Gasteiger partial charge in [-0.25, -0.2) is 0 Å². The fourth-order valence-electron chi connectivity index (χ4n) is 2.38. The Bertz CT molecular complexity index is 445. The molecule has 1 aliphatic rings. The third-order valence-electron chi connectivity index (χ3n) is 3.61. The summed E-state index contributed by atoms with van der Waals surface area (Å²) in [4.78, 5) is 14.2. The Morgan fingerprint density at radius 2 is 2.17 bits per heavy atom.